The zero-order chi connectivity index (χ0) is 10.2. The van der Waals surface area contributed by atoms with Gasteiger partial charge in [-0.3, -0.25) is 4.99 Å². The van der Waals surface area contributed by atoms with Gasteiger partial charge >= 0.3 is 0 Å². The van der Waals surface area contributed by atoms with Crippen LogP contribution >= 0.6 is 23.4 Å². The Kier molecular flexibility index (Phi) is 2.58. The maximum absolute atomic E-state index is 5.82. The molecular formula is C11H12ClNS. The first-order chi connectivity index (χ1) is 6.63. The molecule has 1 aliphatic rings. The SMILES string of the molecule is CC1(C)N=C(CCl)Sc2ccccc21. The second-order valence-corrected chi connectivity index (χ2v) is 5.18. The number of halogens is 1. The Labute approximate surface area is 93.6 Å². The van der Waals surface area contributed by atoms with E-state index in [1.54, 1.807) is 11.8 Å². The zero-order valence-electron chi connectivity index (χ0n) is 8.25. The van der Waals surface area contributed by atoms with E-state index in [1.807, 2.05) is 0 Å². The first-order valence-corrected chi connectivity index (χ1v) is 5.90. The molecule has 0 radical (unpaired) electrons. The van der Waals surface area contributed by atoms with E-state index in [0.29, 0.717) is 5.88 Å². The van der Waals surface area contributed by atoms with E-state index in [1.165, 1.54) is 10.5 Å². The molecule has 0 spiro atoms. The monoisotopic (exact) mass is 225 g/mol. The molecule has 0 aromatic heterocycles. The third kappa shape index (κ3) is 1.69. The van der Waals surface area contributed by atoms with Crippen LogP contribution in [0.3, 0.4) is 0 Å². The van der Waals surface area contributed by atoms with Crippen LogP contribution in [0.5, 0.6) is 0 Å². The van der Waals surface area contributed by atoms with Gasteiger partial charge in [0.2, 0.25) is 0 Å². The lowest BCUT2D eigenvalue weighted by molar-refractivity contribution is 0.546. The minimum Gasteiger partial charge on any atom is -0.270 e. The number of hydrogen-bond acceptors (Lipinski definition) is 2. The highest BCUT2D eigenvalue weighted by molar-refractivity contribution is 8.14. The maximum Gasteiger partial charge on any atom is 0.0882 e. The van der Waals surface area contributed by atoms with Crippen molar-refractivity contribution in [3.8, 4) is 0 Å². The van der Waals surface area contributed by atoms with Crippen LogP contribution in [0.1, 0.15) is 19.4 Å². The third-order valence-electron chi connectivity index (χ3n) is 2.29. The summed E-state index contributed by atoms with van der Waals surface area (Å²) in [6, 6.07) is 8.38. The highest BCUT2D eigenvalue weighted by atomic mass is 35.5. The van der Waals surface area contributed by atoms with Crippen LogP contribution in [0.2, 0.25) is 0 Å². The lowest BCUT2D eigenvalue weighted by Crippen LogP contribution is -2.21. The average Bonchev–Trinajstić information content (AvgIpc) is 2.17. The molecule has 3 heteroatoms. The molecule has 1 nitrogen and oxygen atoms in total. The van der Waals surface area contributed by atoms with Crippen LogP contribution in [-0.2, 0) is 5.54 Å². The summed E-state index contributed by atoms with van der Waals surface area (Å²) in [6.45, 7) is 4.25. The van der Waals surface area contributed by atoms with Gasteiger partial charge in [0.15, 0.2) is 0 Å². The van der Waals surface area contributed by atoms with E-state index in [2.05, 4.69) is 43.1 Å². The van der Waals surface area contributed by atoms with Crippen LogP contribution in [0.15, 0.2) is 34.2 Å². The van der Waals surface area contributed by atoms with Gasteiger partial charge in [-0.15, -0.1) is 11.6 Å². The number of rotatable bonds is 1. The van der Waals surface area contributed by atoms with Crippen molar-refractivity contribution in [2.75, 3.05) is 5.88 Å². The molecule has 1 aliphatic heterocycles. The minimum absolute atomic E-state index is 0.133. The molecule has 74 valence electrons. The summed E-state index contributed by atoms with van der Waals surface area (Å²) < 4.78 is 0. The molecule has 0 saturated heterocycles. The minimum atomic E-state index is -0.133. The van der Waals surface area contributed by atoms with Crippen molar-refractivity contribution in [1.82, 2.24) is 0 Å². The Bertz CT molecular complexity index is 385. The number of hydrogen-bond donors (Lipinski definition) is 0. The second-order valence-electron chi connectivity index (χ2n) is 3.80. The molecule has 0 N–H and O–H groups in total. The van der Waals surface area contributed by atoms with Gasteiger partial charge in [0, 0.05) is 4.90 Å². The molecule has 0 bridgehead atoms. The van der Waals surface area contributed by atoms with E-state index in [4.69, 9.17) is 11.6 Å². The van der Waals surface area contributed by atoms with Crippen LogP contribution in [0, 0.1) is 0 Å². The first-order valence-electron chi connectivity index (χ1n) is 4.55. The van der Waals surface area contributed by atoms with Crippen LogP contribution in [-0.4, -0.2) is 10.9 Å². The van der Waals surface area contributed by atoms with Crippen LogP contribution in [0.25, 0.3) is 0 Å². The van der Waals surface area contributed by atoms with E-state index in [0.717, 1.165) is 5.04 Å². The summed E-state index contributed by atoms with van der Waals surface area (Å²) in [5.74, 6) is 0.502. The molecule has 0 fully saturated rings. The number of nitrogens with zero attached hydrogens (tertiary/aromatic N) is 1. The molecule has 0 aliphatic carbocycles. The number of fused-ring (bicyclic) bond motifs is 1. The van der Waals surface area contributed by atoms with Crippen LogP contribution < -0.4 is 0 Å². The zero-order valence-corrected chi connectivity index (χ0v) is 9.82. The quantitative estimate of drug-likeness (QED) is 0.665. The van der Waals surface area contributed by atoms with E-state index in [-0.39, 0.29) is 5.54 Å². The summed E-state index contributed by atoms with van der Waals surface area (Å²) in [6.07, 6.45) is 0. The second kappa shape index (κ2) is 3.59. The van der Waals surface area contributed by atoms with Crippen molar-refractivity contribution in [3.63, 3.8) is 0 Å². The molecular weight excluding hydrogens is 214 g/mol. The summed E-state index contributed by atoms with van der Waals surface area (Å²) in [4.78, 5) is 5.90. The molecule has 1 heterocycles. The largest absolute Gasteiger partial charge is 0.270 e. The van der Waals surface area contributed by atoms with Gasteiger partial charge in [0.05, 0.1) is 16.5 Å². The fourth-order valence-corrected chi connectivity index (χ4v) is 3.02. The van der Waals surface area contributed by atoms with Gasteiger partial charge in [0.25, 0.3) is 0 Å². The standard InChI is InChI=1S/C11H12ClNS/c1-11(2)8-5-3-4-6-9(8)14-10(7-12)13-11/h3-6H,7H2,1-2H3. The van der Waals surface area contributed by atoms with Gasteiger partial charge < -0.3 is 0 Å². The normalized spacial score (nSPS) is 18.6. The molecule has 1 aromatic rings. The fourth-order valence-electron chi connectivity index (χ4n) is 1.64. The summed E-state index contributed by atoms with van der Waals surface area (Å²) in [7, 11) is 0. The van der Waals surface area contributed by atoms with Crippen molar-refractivity contribution in [2.45, 2.75) is 24.3 Å². The van der Waals surface area contributed by atoms with Crippen molar-refractivity contribution < 1.29 is 0 Å². The Balaban J connectivity index is 2.51. The van der Waals surface area contributed by atoms with E-state index in [9.17, 15) is 0 Å². The van der Waals surface area contributed by atoms with Crippen molar-refractivity contribution in [3.05, 3.63) is 29.8 Å². The molecule has 14 heavy (non-hydrogen) atoms. The van der Waals surface area contributed by atoms with Crippen molar-refractivity contribution >= 4 is 28.4 Å². The van der Waals surface area contributed by atoms with Gasteiger partial charge in [-0.1, -0.05) is 30.0 Å². The molecule has 0 amide bonds. The number of thioether (sulfide) groups is 1. The van der Waals surface area contributed by atoms with Crippen molar-refractivity contribution in [1.29, 1.82) is 0 Å². The van der Waals surface area contributed by atoms with E-state index < -0.39 is 0 Å². The van der Waals surface area contributed by atoms with Gasteiger partial charge in [-0.05, 0) is 25.5 Å². The van der Waals surface area contributed by atoms with Gasteiger partial charge in [0.1, 0.15) is 0 Å². The summed E-state index contributed by atoms with van der Waals surface area (Å²) >= 11 is 7.50. The van der Waals surface area contributed by atoms with Crippen molar-refractivity contribution in [2.24, 2.45) is 4.99 Å². The fraction of sp³-hybridized carbons (Fsp3) is 0.364. The predicted octanol–water partition coefficient (Wildman–Crippen LogP) is 3.66. The van der Waals surface area contributed by atoms with Gasteiger partial charge in [-0.2, -0.15) is 0 Å². The smallest absolute Gasteiger partial charge is 0.0882 e. The molecule has 2 rings (SSSR count). The number of benzene rings is 1. The Morgan fingerprint density at radius 2 is 2.07 bits per heavy atom. The number of aliphatic imine (C=N–C) groups is 1. The molecule has 0 unspecified atom stereocenters. The highest BCUT2D eigenvalue weighted by Gasteiger charge is 2.27. The lowest BCUT2D eigenvalue weighted by Gasteiger charge is -2.28. The molecule has 0 saturated carbocycles. The van der Waals surface area contributed by atoms with Crippen LogP contribution in [0.4, 0.5) is 0 Å². The van der Waals surface area contributed by atoms with E-state index >= 15 is 0 Å². The lowest BCUT2D eigenvalue weighted by atomic mass is 9.95. The Hall–Kier alpha value is -0.470. The Morgan fingerprint density at radius 1 is 1.36 bits per heavy atom. The summed E-state index contributed by atoms with van der Waals surface area (Å²) in [5.41, 5.74) is 1.16. The maximum atomic E-state index is 5.82. The topological polar surface area (TPSA) is 12.4 Å². The average molecular weight is 226 g/mol. The summed E-state index contributed by atoms with van der Waals surface area (Å²) in [5, 5.41) is 1.01. The predicted molar refractivity (Wildman–Crippen MR) is 63.5 cm³/mol. The molecule has 1 aromatic carbocycles. The van der Waals surface area contributed by atoms with Gasteiger partial charge in [-0.25, -0.2) is 0 Å². The Morgan fingerprint density at radius 3 is 2.79 bits per heavy atom. The molecule has 0 atom stereocenters. The third-order valence-corrected chi connectivity index (χ3v) is 3.75. The highest BCUT2D eigenvalue weighted by Crippen LogP contribution is 2.39. The first kappa shape index (κ1) is 10.1. The number of alkyl halides is 1.